The molecule has 0 saturated heterocycles. The zero-order valence-electron chi connectivity index (χ0n) is 11.0. The van der Waals surface area contributed by atoms with Crippen LogP contribution in [0.3, 0.4) is 0 Å². The minimum atomic E-state index is -0.0212. The Hall–Kier alpha value is -1.24. The van der Waals surface area contributed by atoms with Gasteiger partial charge in [0.05, 0.1) is 0 Å². The first-order valence-electron chi connectivity index (χ1n) is 5.87. The predicted octanol–water partition coefficient (Wildman–Crippen LogP) is 4.42. The number of allylic oxidation sites excluding steroid dienone is 1. The number of phenols is 1. The molecule has 16 heavy (non-hydrogen) atoms. The van der Waals surface area contributed by atoms with Gasteiger partial charge in [-0.1, -0.05) is 39.8 Å². The maximum Gasteiger partial charge on any atom is 0.119 e. The molecule has 1 aromatic rings. The van der Waals surface area contributed by atoms with Crippen LogP contribution in [0.4, 0.5) is 0 Å². The van der Waals surface area contributed by atoms with E-state index in [1.54, 1.807) is 0 Å². The van der Waals surface area contributed by atoms with Gasteiger partial charge in [0.25, 0.3) is 0 Å². The second-order valence-electron chi connectivity index (χ2n) is 5.29. The molecule has 0 aliphatic carbocycles. The lowest BCUT2D eigenvalue weighted by Crippen LogP contribution is -2.11. The van der Waals surface area contributed by atoms with Crippen LogP contribution < -0.4 is 0 Å². The number of hydrogen-bond donors (Lipinski definition) is 1. The van der Waals surface area contributed by atoms with E-state index in [4.69, 9.17) is 0 Å². The molecule has 0 amide bonds. The molecule has 0 unspecified atom stereocenters. The Morgan fingerprint density at radius 1 is 1.25 bits per heavy atom. The SMILES string of the molecule is CC/C=C/c1cc(C(C)(C)C)c(O)cc1C. The minimum Gasteiger partial charge on any atom is -0.508 e. The van der Waals surface area contributed by atoms with Crippen molar-refractivity contribution in [1.29, 1.82) is 0 Å². The molecule has 1 aromatic carbocycles. The first kappa shape index (κ1) is 12.8. The monoisotopic (exact) mass is 218 g/mol. The number of hydrogen-bond acceptors (Lipinski definition) is 1. The Morgan fingerprint density at radius 2 is 1.88 bits per heavy atom. The van der Waals surface area contributed by atoms with E-state index in [0.29, 0.717) is 5.75 Å². The molecular formula is C15H22O. The topological polar surface area (TPSA) is 20.2 Å². The third-order valence-electron chi connectivity index (χ3n) is 2.73. The molecule has 0 spiro atoms. The van der Waals surface area contributed by atoms with Crippen molar-refractivity contribution in [2.24, 2.45) is 0 Å². The molecule has 0 saturated carbocycles. The number of aryl methyl sites for hydroxylation is 1. The van der Waals surface area contributed by atoms with Crippen molar-refractivity contribution in [2.75, 3.05) is 0 Å². The van der Waals surface area contributed by atoms with Gasteiger partial charge in [-0.3, -0.25) is 0 Å². The highest BCUT2D eigenvalue weighted by molar-refractivity contribution is 5.58. The van der Waals surface area contributed by atoms with Crippen molar-refractivity contribution in [1.82, 2.24) is 0 Å². The van der Waals surface area contributed by atoms with E-state index >= 15 is 0 Å². The second-order valence-corrected chi connectivity index (χ2v) is 5.29. The van der Waals surface area contributed by atoms with Gasteiger partial charge in [-0.2, -0.15) is 0 Å². The van der Waals surface area contributed by atoms with Crippen LogP contribution in [0, 0.1) is 6.92 Å². The van der Waals surface area contributed by atoms with Crippen molar-refractivity contribution in [3.8, 4) is 5.75 Å². The van der Waals surface area contributed by atoms with Crippen LogP contribution in [0.1, 0.15) is 50.8 Å². The van der Waals surface area contributed by atoms with Crippen molar-refractivity contribution in [3.05, 3.63) is 34.9 Å². The van der Waals surface area contributed by atoms with Crippen LogP contribution in [0.15, 0.2) is 18.2 Å². The summed E-state index contributed by atoms with van der Waals surface area (Å²) in [6.45, 7) is 10.5. The van der Waals surface area contributed by atoms with Gasteiger partial charge in [-0.15, -0.1) is 0 Å². The Morgan fingerprint density at radius 3 is 2.38 bits per heavy atom. The first-order chi connectivity index (χ1) is 7.36. The number of aromatic hydroxyl groups is 1. The normalized spacial score (nSPS) is 12.3. The van der Waals surface area contributed by atoms with Crippen LogP contribution in [0.5, 0.6) is 5.75 Å². The van der Waals surface area contributed by atoms with E-state index in [-0.39, 0.29) is 5.41 Å². The van der Waals surface area contributed by atoms with Crippen LogP contribution in [0.2, 0.25) is 0 Å². The third-order valence-corrected chi connectivity index (χ3v) is 2.73. The highest BCUT2D eigenvalue weighted by atomic mass is 16.3. The summed E-state index contributed by atoms with van der Waals surface area (Å²) in [4.78, 5) is 0. The van der Waals surface area contributed by atoms with Crippen molar-refractivity contribution in [2.45, 2.75) is 46.5 Å². The highest BCUT2D eigenvalue weighted by Crippen LogP contribution is 2.33. The van der Waals surface area contributed by atoms with E-state index in [1.165, 1.54) is 5.56 Å². The van der Waals surface area contributed by atoms with Crippen LogP contribution in [-0.2, 0) is 5.41 Å². The van der Waals surface area contributed by atoms with Gasteiger partial charge < -0.3 is 5.11 Å². The molecule has 0 aliphatic rings. The van der Waals surface area contributed by atoms with Crippen LogP contribution in [0.25, 0.3) is 6.08 Å². The smallest absolute Gasteiger partial charge is 0.119 e. The summed E-state index contributed by atoms with van der Waals surface area (Å²) < 4.78 is 0. The van der Waals surface area contributed by atoms with Gasteiger partial charge in [-0.25, -0.2) is 0 Å². The first-order valence-corrected chi connectivity index (χ1v) is 5.87. The lowest BCUT2D eigenvalue weighted by Gasteiger charge is -2.21. The molecule has 1 N–H and O–H groups in total. The Bertz CT molecular complexity index is 395. The summed E-state index contributed by atoms with van der Waals surface area (Å²) >= 11 is 0. The summed E-state index contributed by atoms with van der Waals surface area (Å²) in [5, 5.41) is 9.95. The van der Waals surface area contributed by atoms with Crippen LogP contribution >= 0.6 is 0 Å². The van der Waals surface area contributed by atoms with Crippen molar-refractivity contribution < 1.29 is 5.11 Å². The van der Waals surface area contributed by atoms with E-state index in [1.807, 2.05) is 13.0 Å². The molecular weight excluding hydrogens is 196 g/mol. The molecule has 1 nitrogen and oxygen atoms in total. The average molecular weight is 218 g/mol. The van der Waals surface area contributed by atoms with E-state index < -0.39 is 0 Å². The van der Waals surface area contributed by atoms with Gasteiger partial charge in [0.15, 0.2) is 0 Å². The highest BCUT2D eigenvalue weighted by Gasteiger charge is 2.18. The molecule has 1 heteroatoms. The summed E-state index contributed by atoms with van der Waals surface area (Å²) in [6.07, 6.45) is 5.31. The summed E-state index contributed by atoms with van der Waals surface area (Å²) in [5.41, 5.74) is 3.31. The summed E-state index contributed by atoms with van der Waals surface area (Å²) in [7, 11) is 0. The molecule has 0 bridgehead atoms. The number of phenolic OH excluding ortho intramolecular Hbond substituents is 1. The zero-order chi connectivity index (χ0) is 12.3. The fourth-order valence-electron chi connectivity index (χ4n) is 1.73. The Kier molecular flexibility index (Phi) is 3.79. The fraction of sp³-hybridized carbons (Fsp3) is 0.467. The Labute approximate surface area is 98.8 Å². The fourth-order valence-corrected chi connectivity index (χ4v) is 1.73. The molecule has 0 fully saturated rings. The van der Waals surface area contributed by atoms with Gasteiger partial charge in [-0.05, 0) is 47.6 Å². The quantitative estimate of drug-likeness (QED) is 0.779. The van der Waals surface area contributed by atoms with E-state index in [2.05, 4.69) is 45.9 Å². The zero-order valence-corrected chi connectivity index (χ0v) is 11.0. The van der Waals surface area contributed by atoms with Crippen LogP contribution in [-0.4, -0.2) is 5.11 Å². The largest absolute Gasteiger partial charge is 0.508 e. The van der Waals surface area contributed by atoms with Gasteiger partial charge in [0.2, 0.25) is 0 Å². The molecule has 0 aliphatic heterocycles. The molecule has 0 heterocycles. The Balaban J connectivity index is 3.27. The molecule has 0 atom stereocenters. The van der Waals surface area contributed by atoms with Gasteiger partial charge in [0.1, 0.15) is 5.75 Å². The molecule has 88 valence electrons. The minimum absolute atomic E-state index is 0.0212. The number of rotatable bonds is 2. The molecule has 0 aromatic heterocycles. The second kappa shape index (κ2) is 4.73. The lowest BCUT2D eigenvalue weighted by molar-refractivity contribution is 0.446. The lowest BCUT2D eigenvalue weighted by atomic mass is 9.84. The van der Waals surface area contributed by atoms with E-state index in [0.717, 1.165) is 17.5 Å². The molecule has 1 rings (SSSR count). The molecule has 0 radical (unpaired) electrons. The predicted molar refractivity (Wildman–Crippen MR) is 70.9 cm³/mol. The third kappa shape index (κ3) is 2.88. The van der Waals surface area contributed by atoms with Gasteiger partial charge >= 0.3 is 0 Å². The maximum absolute atomic E-state index is 9.95. The standard InChI is InChI=1S/C15H22O/c1-6-7-8-12-10-13(15(3,4)5)14(16)9-11(12)2/h7-10,16H,6H2,1-5H3/b8-7+. The average Bonchev–Trinajstić information content (AvgIpc) is 2.14. The summed E-state index contributed by atoms with van der Waals surface area (Å²) in [6, 6.07) is 3.95. The van der Waals surface area contributed by atoms with Gasteiger partial charge in [0, 0.05) is 0 Å². The van der Waals surface area contributed by atoms with Crippen molar-refractivity contribution >= 4 is 6.08 Å². The summed E-state index contributed by atoms with van der Waals surface area (Å²) in [5.74, 6) is 0.402. The van der Waals surface area contributed by atoms with Crippen molar-refractivity contribution in [3.63, 3.8) is 0 Å². The maximum atomic E-state index is 9.95. The van der Waals surface area contributed by atoms with E-state index in [9.17, 15) is 5.11 Å². The number of benzene rings is 1.